The highest BCUT2D eigenvalue weighted by Crippen LogP contribution is 2.35. The standard InChI is InChI=1S/C13H19NOS/c1-16-9-3-8-15-13-5-2-4-10-11(13)6-7-12(10)14/h2,4-5,12H,3,6-9,14H2,1H3. The van der Waals surface area contributed by atoms with Crippen LogP contribution in [-0.4, -0.2) is 18.6 Å². The molecule has 0 saturated heterocycles. The minimum absolute atomic E-state index is 0.213. The summed E-state index contributed by atoms with van der Waals surface area (Å²) < 4.78 is 5.83. The maximum atomic E-state index is 6.03. The summed E-state index contributed by atoms with van der Waals surface area (Å²) in [5.41, 5.74) is 8.65. The van der Waals surface area contributed by atoms with Crippen molar-refractivity contribution in [1.29, 1.82) is 0 Å². The van der Waals surface area contributed by atoms with Gasteiger partial charge in [0.25, 0.3) is 0 Å². The summed E-state index contributed by atoms with van der Waals surface area (Å²) in [5, 5.41) is 0. The molecule has 0 saturated carbocycles. The van der Waals surface area contributed by atoms with Crippen LogP contribution >= 0.6 is 11.8 Å². The molecule has 1 aliphatic carbocycles. The predicted octanol–water partition coefficient (Wildman–Crippen LogP) is 2.76. The van der Waals surface area contributed by atoms with Crippen LogP contribution in [0.15, 0.2) is 18.2 Å². The fraction of sp³-hybridized carbons (Fsp3) is 0.538. The van der Waals surface area contributed by atoms with Crippen LogP contribution in [0, 0.1) is 0 Å². The van der Waals surface area contributed by atoms with Gasteiger partial charge >= 0.3 is 0 Å². The van der Waals surface area contributed by atoms with E-state index in [-0.39, 0.29) is 6.04 Å². The Morgan fingerprint density at radius 3 is 3.19 bits per heavy atom. The number of hydrogen-bond donors (Lipinski definition) is 1. The van der Waals surface area contributed by atoms with Gasteiger partial charge in [0.1, 0.15) is 5.75 Å². The van der Waals surface area contributed by atoms with Crippen LogP contribution in [0.4, 0.5) is 0 Å². The van der Waals surface area contributed by atoms with Crippen molar-refractivity contribution in [3.8, 4) is 5.75 Å². The van der Waals surface area contributed by atoms with Crippen molar-refractivity contribution in [1.82, 2.24) is 0 Å². The molecular formula is C13H19NOS. The topological polar surface area (TPSA) is 35.2 Å². The quantitative estimate of drug-likeness (QED) is 0.800. The van der Waals surface area contributed by atoms with Crippen LogP contribution < -0.4 is 10.5 Å². The molecule has 0 bridgehead atoms. The molecule has 3 heteroatoms. The monoisotopic (exact) mass is 237 g/mol. The van der Waals surface area contributed by atoms with Crippen molar-refractivity contribution in [2.75, 3.05) is 18.6 Å². The Labute approximate surface area is 102 Å². The van der Waals surface area contributed by atoms with Gasteiger partial charge in [-0.25, -0.2) is 0 Å². The van der Waals surface area contributed by atoms with E-state index in [9.17, 15) is 0 Å². The summed E-state index contributed by atoms with van der Waals surface area (Å²) in [4.78, 5) is 0. The van der Waals surface area contributed by atoms with Gasteiger partial charge in [-0.15, -0.1) is 0 Å². The number of benzene rings is 1. The molecule has 2 nitrogen and oxygen atoms in total. The van der Waals surface area contributed by atoms with E-state index in [0.29, 0.717) is 0 Å². The molecule has 88 valence electrons. The van der Waals surface area contributed by atoms with E-state index in [2.05, 4.69) is 18.4 Å². The lowest BCUT2D eigenvalue weighted by Crippen LogP contribution is -2.05. The molecule has 16 heavy (non-hydrogen) atoms. The first kappa shape index (κ1) is 11.8. The number of hydrogen-bond acceptors (Lipinski definition) is 3. The SMILES string of the molecule is CSCCCOc1cccc2c1CCC2N. The molecule has 2 rings (SSSR count). The first-order chi connectivity index (χ1) is 7.83. The van der Waals surface area contributed by atoms with E-state index < -0.39 is 0 Å². The van der Waals surface area contributed by atoms with Gasteiger partial charge in [-0.2, -0.15) is 11.8 Å². The maximum absolute atomic E-state index is 6.03. The Morgan fingerprint density at radius 1 is 1.50 bits per heavy atom. The van der Waals surface area contributed by atoms with Gasteiger partial charge in [-0.05, 0) is 48.5 Å². The fourth-order valence-electron chi connectivity index (χ4n) is 2.17. The highest BCUT2D eigenvalue weighted by Gasteiger charge is 2.21. The van der Waals surface area contributed by atoms with E-state index in [1.165, 1.54) is 11.1 Å². The van der Waals surface area contributed by atoms with Crippen LogP contribution in [0.3, 0.4) is 0 Å². The van der Waals surface area contributed by atoms with Crippen LogP contribution in [-0.2, 0) is 6.42 Å². The van der Waals surface area contributed by atoms with Crippen LogP contribution in [0.25, 0.3) is 0 Å². The van der Waals surface area contributed by atoms with Gasteiger partial charge in [0, 0.05) is 6.04 Å². The van der Waals surface area contributed by atoms with Gasteiger partial charge in [0.15, 0.2) is 0 Å². The Morgan fingerprint density at radius 2 is 2.38 bits per heavy atom. The lowest BCUT2D eigenvalue weighted by molar-refractivity contribution is 0.316. The van der Waals surface area contributed by atoms with Gasteiger partial charge in [0.05, 0.1) is 6.61 Å². The lowest BCUT2D eigenvalue weighted by atomic mass is 10.1. The number of thioether (sulfide) groups is 1. The summed E-state index contributed by atoms with van der Waals surface area (Å²) in [7, 11) is 0. The molecule has 2 N–H and O–H groups in total. The van der Waals surface area contributed by atoms with Gasteiger partial charge in [-0.1, -0.05) is 12.1 Å². The third-order valence-electron chi connectivity index (χ3n) is 3.02. The zero-order valence-corrected chi connectivity index (χ0v) is 10.6. The Kier molecular flexibility index (Phi) is 4.13. The molecule has 0 radical (unpaired) electrons. The lowest BCUT2D eigenvalue weighted by Gasteiger charge is -2.11. The molecule has 0 aliphatic heterocycles. The average Bonchev–Trinajstić information content (AvgIpc) is 2.68. The second-order valence-electron chi connectivity index (χ2n) is 4.16. The largest absolute Gasteiger partial charge is 0.493 e. The number of ether oxygens (including phenoxy) is 1. The Hall–Kier alpha value is -0.670. The predicted molar refractivity (Wildman–Crippen MR) is 70.2 cm³/mol. The van der Waals surface area contributed by atoms with Crippen molar-refractivity contribution in [3.63, 3.8) is 0 Å². The molecular weight excluding hydrogens is 218 g/mol. The van der Waals surface area contributed by atoms with E-state index in [1.807, 2.05) is 17.8 Å². The molecule has 1 atom stereocenters. The fourth-order valence-corrected chi connectivity index (χ4v) is 2.58. The normalized spacial score (nSPS) is 18.5. The molecule has 0 spiro atoms. The van der Waals surface area contributed by atoms with E-state index in [0.717, 1.165) is 37.4 Å². The number of rotatable bonds is 5. The molecule has 1 aromatic carbocycles. The zero-order chi connectivity index (χ0) is 11.4. The molecule has 0 fully saturated rings. The first-order valence-electron chi connectivity index (χ1n) is 5.82. The first-order valence-corrected chi connectivity index (χ1v) is 7.21. The third-order valence-corrected chi connectivity index (χ3v) is 3.72. The molecule has 0 amide bonds. The van der Waals surface area contributed by atoms with Gasteiger partial charge in [-0.3, -0.25) is 0 Å². The van der Waals surface area contributed by atoms with E-state index in [4.69, 9.17) is 10.5 Å². The van der Waals surface area contributed by atoms with Crippen LogP contribution in [0.1, 0.15) is 30.0 Å². The minimum atomic E-state index is 0.213. The third kappa shape index (κ3) is 2.53. The molecule has 0 heterocycles. The van der Waals surface area contributed by atoms with Crippen molar-refractivity contribution < 1.29 is 4.74 Å². The van der Waals surface area contributed by atoms with Crippen molar-refractivity contribution in [2.24, 2.45) is 5.73 Å². The summed E-state index contributed by atoms with van der Waals surface area (Å²) >= 11 is 1.86. The molecule has 1 unspecified atom stereocenters. The summed E-state index contributed by atoms with van der Waals surface area (Å²) in [5.74, 6) is 2.21. The van der Waals surface area contributed by atoms with Gasteiger partial charge in [0.2, 0.25) is 0 Å². The van der Waals surface area contributed by atoms with Crippen molar-refractivity contribution in [2.45, 2.75) is 25.3 Å². The molecule has 1 aromatic rings. The second kappa shape index (κ2) is 5.60. The van der Waals surface area contributed by atoms with Gasteiger partial charge < -0.3 is 10.5 Å². The Balaban J connectivity index is 2.00. The Bertz CT molecular complexity index is 354. The second-order valence-corrected chi connectivity index (χ2v) is 5.15. The van der Waals surface area contributed by atoms with E-state index in [1.54, 1.807) is 0 Å². The molecule has 1 aliphatic rings. The molecule has 0 aromatic heterocycles. The highest BCUT2D eigenvalue weighted by molar-refractivity contribution is 7.98. The van der Waals surface area contributed by atoms with Crippen molar-refractivity contribution >= 4 is 11.8 Å². The smallest absolute Gasteiger partial charge is 0.122 e. The summed E-state index contributed by atoms with van der Waals surface area (Å²) in [6.07, 6.45) is 5.35. The zero-order valence-electron chi connectivity index (χ0n) is 9.74. The summed E-state index contributed by atoms with van der Waals surface area (Å²) in [6, 6.07) is 6.45. The average molecular weight is 237 g/mol. The summed E-state index contributed by atoms with van der Waals surface area (Å²) in [6.45, 7) is 0.812. The van der Waals surface area contributed by atoms with Crippen molar-refractivity contribution in [3.05, 3.63) is 29.3 Å². The number of fused-ring (bicyclic) bond motifs is 1. The van der Waals surface area contributed by atoms with Crippen LogP contribution in [0.2, 0.25) is 0 Å². The maximum Gasteiger partial charge on any atom is 0.122 e. The van der Waals surface area contributed by atoms with Crippen LogP contribution in [0.5, 0.6) is 5.75 Å². The minimum Gasteiger partial charge on any atom is -0.493 e. The highest BCUT2D eigenvalue weighted by atomic mass is 32.2. The van der Waals surface area contributed by atoms with E-state index >= 15 is 0 Å². The number of nitrogens with two attached hydrogens (primary N) is 1.